The molecule has 1 aromatic rings. The number of likely N-dealkylation sites (N-methyl/N-ethyl adjacent to an activating group) is 2. The number of rotatable bonds is 3. The number of nitrogens with one attached hydrogen (secondary N) is 2. The first kappa shape index (κ1) is 14.2. The van der Waals surface area contributed by atoms with E-state index >= 15 is 0 Å². The van der Waals surface area contributed by atoms with Crippen LogP contribution in [0.25, 0.3) is 0 Å². The number of benzene rings is 1. The first-order valence-electron chi connectivity index (χ1n) is 6.64. The maximum absolute atomic E-state index is 5.32. The van der Waals surface area contributed by atoms with E-state index in [2.05, 4.69) is 34.5 Å². The summed E-state index contributed by atoms with van der Waals surface area (Å²) in [5.41, 5.74) is 1.02. The summed E-state index contributed by atoms with van der Waals surface area (Å²) in [4.78, 5) is 4.75. The van der Waals surface area contributed by atoms with E-state index in [9.17, 15) is 0 Å². The van der Waals surface area contributed by atoms with Crippen LogP contribution >= 0.6 is 12.2 Å². The molecule has 0 radical (unpaired) electrons. The lowest BCUT2D eigenvalue weighted by molar-refractivity contribution is 0.116. The molecule has 104 valence electrons. The Hall–Kier alpha value is -1.17. The Kier molecular flexibility index (Phi) is 5.13. The summed E-state index contributed by atoms with van der Waals surface area (Å²) in [6.07, 6.45) is 0. The molecule has 4 nitrogen and oxygen atoms in total. The molecule has 0 saturated carbocycles. The van der Waals surface area contributed by atoms with Gasteiger partial charge in [0.05, 0.1) is 0 Å². The zero-order chi connectivity index (χ0) is 13.7. The Morgan fingerprint density at radius 2 is 2.00 bits per heavy atom. The number of hydrogen-bond donors (Lipinski definition) is 2. The fourth-order valence-corrected chi connectivity index (χ4v) is 2.43. The van der Waals surface area contributed by atoms with Crippen LogP contribution in [0.4, 0.5) is 5.69 Å². The molecule has 1 saturated heterocycles. The van der Waals surface area contributed by atoms with Crippen molar-refractivity contribution in [2.75, 3.05) is 45.6 Å². The summed E-state index contributed by atoms with van der Waals surface area (Å²) < 4.78 is 0. The maximum atomic E-state index is 5.32. The summed E-state index contributed by atoms with van der Waals surface area (Å²) in [5.74, 6) is 0. The minimum atomic E-state index is 0.509. The van der Waals surface area contributed by atoms with Gasteiger partial charge in [-0.25, -0.2) is 0 Å². The van der Waals surface area contributed by atoms with Crippen molar-refractivity contribution in [2.45, 2.75) is 6.04 Å². The van der Waals surface area contributed by atoms with Crippen molar-refractivity contribution in [3.8, 4) is 0 Å². The van der Waals surface area contributed by atoms with Crippen LogP contribution in [0.1, 0.15) is 0 Å². The molecule has 0 spiro atoms. The van der Waals surface area contributed by atoms with Crippen LogP contribution in [-0.2, 0) is 0 Å². The minimum absolute atomic E-state index is 0.509. The van der Waals surface area contributed by atoms with E-state index in [0.717, 1.165) is 31.9 Å². The Morgan fingerprint density at radius 1 is 1.26 bits per heavy atom. The number of nitrogens with zero attached hydrogens (tertiary/aromatic N) is 2. The molecule has 1 aliphatic heterocycles. The van der Waals surface area contributed by atoms with Gasteiger partial charge in [-0.15, -0.1) is 0 Å². The maximum Gasteiger partial charge on any atom is 0.170 e. The fraction of sp³-hybridized carbons (Fsp3) is 0.500. The minimum Gasteiger partial charge on any atom is -0.361 e. The monoisotopic (exact) mass is 278 g/mol. The van der Waals surface area contributed by atoms with E-state index in [4.69, 9.17) is 12.2 Å². The molecule has 1 aromatic carbocycles. The standard InChI is InChI=1S/C14H22N4S/c1-17-8-9-18(2)13(11-17)10-15-14(19)16-12-6-4-3-5-7-12/h3-7,13H,8-11H2,1-2H3,(H2,15,16,19). The van der Waals surface area contributed by atoms with Gasteiger partial charge in [0.15, 0.2) is 5.11 Å². The van der Waals surface area contributed by atoms with Crippen molar-refractivity contribution in [1.29, 1.82) is 0 Å². The van der Waals surface area contributed by atoms with E-state index in [1.54, 1.807) is 0 Å². The van der Waals surface area contributed by atoms with Crippen LogP contribution < -0.4 is 10.6 Å². The van der Waals surface area contributed by atoms with Crippen molar-refractivity contribution in [3.63, 3.8) is 0 Å². The Morgan fingerprint density at radius 3 is 2.74 bits per heavy atom. The molecule has 1 heterocycles. The molecule has 0 aromatic heterocycles. The number of hydrogen-bond acceptors (Lipinski definition) is 3. The SMILES string of the molecule is CN1CCN(C)C(CNC(=S)Nc2ccccc2)C1. The lowest BCUT2D eigenvalue weighted by Gasteiger charge is -2.37. The van der Waals surface area contributed by atoms with Gasteiger partial charge in [0.1, 0.15) is 0 Å². The van der Waals surface area contributed by atoms with E-state index < -0.39 is 0 Å². The van der Waals surface area contributed by atoms with Gasteiger partial charge in [-0.05, 0) is 38.4 Å². The lowest BCUT2D eigenvalue weighted by atomic mass is 10.2. The molecule has 0 bridgehead atoms. The molecule has 1 aliphatic rings. The second-order valence-electron chi connectivity index (χ2n) is 5.10. The van der Waals surface area contributed by atoms with Crippen molar-refractivity contribution < 1.29 is 0 Å². The van der Waals surface area contributed by atoms with Crippen molar-refractivity contribution in [1.82, 2.24) is 15.1 Å². The molecule has 0 aliphatic carbocycles. The molecule has 1 fully saturated rings. The molecule has 2 rings (SSSR count). The van der Waals surface area contributed by atoms with Gasteiger partial charge in [0.25, 0.3) is 0 Å². The average Bonchev–Trinajstić information content (AvgIpc) is 2.41. The van der Waals surface area contributed by atoms with Crippen molar-refractivity contribution in [3.05, 3.63) is 30.3 Å². The fourth-order valence-electron chi connectivity index (χ4n) is 2.23. The van der Waals surface area contributed by atoms with E-state index in [1.165, 1.54) is 0 Å². The van der Waals surface area contributed by atoms with E-state index in [1.807, 2.05) is 30.3 Å². The van der Waals surface area contributed by atoms with E-state index in [-0.39, 0.29) is 0 Å². The third-order valence-corrected chi connectivity index (χ3v) is 3.76. The van der Waals surface area contributed by atoms with Crippen LogP contribution in [0, 0.1) is 0 Å². The summed E-state index contributed by atoms with van der Waals surface area (Å²) in [6, 6.07) is 10.5. The van der Waals surface area contributed by atoms with Gasteiger partial charge in [-0.1, -0.05) is 18.2 Å². The smallest absolute Gasteiger partial charge is 0.170 e. The molecular weight excluding hydrogens is 256 g/mol. The molecule has 1 atom stereocenters. The predicted octanol–water partition coefficient (Wildman–Crippen LogP) is 1.22. The highest BCUT2D eigenvalue weighted by Crippen LogP contribution is 2.06. The molecule has 19 heavy (non-hydrogen) atoms. The average molecular weight is 278 g/mol. The van der Waals surface area contributed by atoms with Gasteiger partial charge < -0.3 is 15.5 Å². The Bertz CT molecular complexity index is 409. The highest BCUT2D eigenvalue weighted by atomic mass is 32.1. The molecule has 2 N–H and O–H groups in total. The highest BCUT2D eigenvalue weighted by molar-refractivity contribution is 7.80. The Labute approximate surface area is 120 Å². The number of thiocarbonyl (C=S) groups is 1. The second-order valence-corrected chi connectivity index (χ2v) is 5.51. The van der Waals surface area contributed by atoms with Crippen LogP contribution in [0.5, 0.6) is 0 Å². The third-order valence-electron chi connectivity index (χ3n) is 3.51. The normalized spacial score (nSPS) is 21.1. The Balaban J connectivity index is 1.77. The topological polar surface area (TPSA) is 30.5 Å². The van der Waals surface area contributed by atoms with Crippen LogP contribution in [0.2, 0.25) is 0 Å². The van der Waals surface area contributed by atoms with Gasteiger partial charge in [-0.2, -0.15) is 0 Å². The molecule has 0 amide bonds. The summed E-state index contributed by atoms with van der Waals surface area (Å²) in [5, 5.41) is 7.19. The zero-order valence-electron chi connectivity index (χ0n) is 11.6. The van der Waals surface area contributed by atoms with Crippen LogP contribution in [-0.4, -0.2) is 61.2 Å². The first-order valence-corrected chi connectivity index (χ1v) is 7.04. The number of anilines is 1. The van der Waals surface area contributed by atoms with Gasteiger partial charge in [0, 0.05) is 37.9 Å². The highest BCUT2D eigenvalue weighted by Gasteiger charge is 2.21. The van der Waals surface area contributed by atoms with E-state index in [0.29, 0.717) is 11.2 Å². The summed E-state index contributed by atoms with van der Waals surface area (Å²) >= 11 is 5.32. The van der Waals surface area contributed by atoms with Crippen LogP contribution in [0.3, 0.4) is 0 Å². The lowest BCUT2D eigenvalue weighted by Crippen LogP contribution is -2.54. The summed E-state index contributed by atoms with van der Waals surface area (Å²) in [6.45, 7) is 4.21. The molecular formula is C14H22N4S. The third kappa shape index (κ3) is 4.45. The summed E-state index contributed by atoms with van der Waals surface area (Å²) in [7, 11) is 4.34. The van der Waals surface area contributed by atoms with Crippen molar-refractivity contribution in [2.24, 2.45) is 0 Å². The van der Waals surface area contributed by atoms with Gasteiger partial charge >= 0.3 is 0 Å². The zero-order valence-corrected chi connectivity index (χ0v) is 12.4. The van der Waals surface area contributed by atoms with Gasteiger partial charge in [0.2, 0.25) is 0 Å². The van der Waals surface area contributed by atoms with Crippen LogP contribution in [0.15, 0.2) is 30.3 Å². The van der Waals surface area contributed by atoms with Gasteiger partial charge in [-0.3, -0.25) is 4.90 Å². The number of para-hydroxylation sites is 1. The quantitative estimate of drug-likeness (QED) is 0.812. The molecule has 1 unspecified atom stereocenters. The van der Waals surface area contributed by atoms with Crippen molar-refractivity contribution >= 4 is 23.0 Å². The number of piperazine rings is 1. The molecule has 5 heteroatoms. The predicted molar refractivity (Wildman–Crippen MR) is 84.6 cm³/mol. The first-order chi connectivity index (χ1) is 9.15. The largest absolute Gasteiger partial charge is 0.361 e. The second kappa shape index (κ2) is 6.84.